The molecular formula is C14H18ClIN2. The molecule has 0 atom stereocenters. The third-order valence-electron chi connectivity index (χ3n) is 4.20. The Hall–Kier alpha value is 0.1000. The first-order chi connectivity index (χ1) is 8.65. The molecule has 2 aliphatic rings. The highest BCUT2D eigenvalue weighted by Gasteiger charge is 2.31. The van der Waals surface area contributed by atoms with Crippen LogP contribution in [-0.4, -0.2) is 9.97 Å². The van der Waals surface area contributed by atoms with Crippen molar-refractivity contribution in [3.63, 3.8) is 0 Å². The van der Waals surface area contributed by atoms with Crippen LogP contribution in [0, 0.1) is 9.49 Å². The SMILES string of the molecule is CC1CCC(c2nc(Cl)c(I)c(C3CC3)n2)CC1. The van der Waals surface area contributed by atoms with Crippen molar-refractivity contribution >= 4 is 34.2 Å². The average molecular weight is 377 g/mol. The highest BCUT2D eigenvalue weighted by molar-refractivity contribution is 14.1. The van der Waals surface area contributed by atoms with E-state index in [1.165, 1.54) is 44.2 Å². The second-order valence-electron chi connectivity index (χ2n) is 5.80. The molecule has 0 bridgehead atoms. The standard InChI is InChI=1S/C14H18ClIN2/c1-8-2-4-10(5-3-8)14-17-12(9-6-7-9)11(16)13(15)18-14/h8-10H,2-7H2,1H3. The van der Waals surface area contributed by atoms with Gasteiger partial charge in [0.05, 0.1) is 9.26 Å². The first kappa shape index (κ1) is 13.1. The van der Waals surface area contributed by atoms with E-state index in [9.17, 15) is 0 Å². The zero-order chi connectivity index (χ0) is 12.7. The van der Waals surface area contributed by atoms with Crippen LogP contribution in [0.2, 0.25) is 5.15 Å². The maximum atomic E-state index is 6.28. The molecule has 98 valence electrons. The largest absolute Gasteiger partial charge is 0.236 e. The van der Waals surface area contributed by atoms with E-state index >= 15 is 0 Å². The lowest BCUT2D eigenvalue weighted by molar-refractivity contribution is 0.339. The Kier molecular flexibility index (Phi) is 3.81. The summed E-state index contributed by atoms with van der Waals surface area (Å²) in [7, 11) is 0. The quantitative estimate of drug-likeness (QED) is 0.541. The van der Waals surface area contributed by atoms with Crippen LogP contribution >= 0.6 is 34.2 Å². The van der Waals surface area contributed by atoms with Crippen molar-refractivity contribution in [3.8, 4) is 0 Å². The summed E-state index contributed by atoms with van der Waals surface area (Å²) >= 11 is 8.57. The molecule has 2 aliphatic carbocycles. The molecular weight excluding hydrogens is 359 g/mol. The Morgan fingerprint density at radius 2 is 1.61 bits per heavy atom. The molecule has 1 aromatic rings. The van der Waals surface area contributed by atoms with Crippen LogP contribution < -0.4 is 0 Å². The Morgan fingerprint density at radius 1 is 1.00 bits per heavy atom. The fraction of sp³-hybridized carbons (Fsp3) is 0.714. The summed E-state index contributed by atoms with van der Waals surface area (Å²) in [5.74, 6) is 3.06. The first-order valence-electron chi connectivity index (χ1n) is 6.88. The van der Waals surface area contributed by atoms with Crippen LogP contribution in [0.5, 0.6) is 0 Å². The van der Waals surface area contributed by atoms with Gasteiger partial charge in [-0.25, -0.2) is 9.97 Å². The van der Waals surface area contributed by atoms with Gasteiger partial charge in [-0.3, -0.25) is 0 Å². The fourth-order valence-electron chi connectivity index (χ4n) is 2.78. The minimum atomic E-state index is 0.535. The summed E-state index contributed by atoms with van der Waals surface area (Å²) in [5, 5.41) is 0.668. The minimum absolute atomic E-state index is 0.535. The van der Waals surface area contributed by atoms with Gasteiger partial charge in [-0.1, -0.05) is 31.4 Å². The van der Waals surface area contributed by atoms with Crippen molar-refractivity contribution in [1.82, 2.24) is 9.97 Å². The zero-order valence-corrected chi connectivity index (χ0v) is 13.5. The van der Waals surface area contributed by atoms with Crippen molar-refractivity contribution in [2.75, 3.05) is 0 Å². The number of hydrogen-bond acceptors (Lipinski definition) is 2. The molecule has 2 nitrogen and oxygen atoms in total. The van der Waals surface area contributed by atoms with E-state index in [1.54, 1.807) is 0 Å². The summed E-state index contributed by atoms with van der Waals surface area (Å²) in [6.45, 7) is 2.34. The van der Waals surface area contributed by atoms with E-state index < -0.39 is 0 Å². The second kappa shape index (κ2) is 5.23. The Morgan fingerprint density at radius 3 is 2.22 bits per heavy atom. The van der Waals surface area contributed by atoms with Crippen LogP contribution in [0.15, 0.2) is 0 Å². The molecule has 0 aliphatic heterocycles. The lowest BCUT2D eigenvalue weighted by atomic mass is 9.82. The Labute approximate surface area is 127 Å². The molecule has 3 rings (SSSR count). The summed E-state index contributed by atoms with van der Waals surface area (Å²) in [4.78, 5) is 9.38. The van der Waals surface area contributed by atoms with Gasteiger partial charge in [0, 0.05) is 11.8 Å². The van der Waals surface area contributed by atoms with Crippen molar-refractivity contribution in [2.45, 2.75) is 57.3 Å². The van der Waals surface area contributed by atoms with Crippen LogP contribution in [0.4, 0.5) is 0 Å². The number of hydrogen-bond donors (Lipinski definition) is 0. The molecule has 0 amide bonds. The van der Waals surface area contributed by atoms with E-state index in [0.29, 0.717) is 17.0 Å². The van der Waals surface area contributed by atoms with Crippen molar-refractivity contribution in [1.29, 1.82) is 0 Å². The van der Waals surface area contributed by atoms with Gasteiger partial charge >= 0.3 is 0 Å². The molecule has 4 heteroatoms. The first-order valence-corrected chi connectivity index (χ1v) is 8.33. The normalized spacial score (nSPS) is 28.4. The van der Waals surface area contributed by atoms with E-state index in [0.717, 1.165) is 15.3 Å². The maximum Gasteiger partial charge on any atom is 0.146 e. The molecule has 0 unspecified atom stereocenters. The van der Waals surface area contributed by atoms with Crippen molar-refractivity contribution in [3.05, 3.63) is 20.2 Å². The van der Waals surface area contributed by atoms with Crippen LogP contribution in [0.3, 0.4) is 0 Å². The van der Waals surface area contributed by atoms with Gasteiger partial charge in [0.25, 0.3) is 0 Å². The monoisotopic (exact) mass is 376 g/mol. The third kappa shape index (κ3) is 2.67. The van der Waals surface area contributed by atoms with Crippen LogP contribution in [-0.2, 0) is 0 Å². The van der Waals surface area contributed by atoms with E-state index in [1.807, 2.05) is 0 Å². The van der Waals surface area contributed by atoms with Crippen LogP contribution in [0.25, 0.3) is 0 Å². The minimum Gasteiger partial charge on any atom is -0.236 e. The number of rotatable bonds is 2. The topological polar surface area (TPSA) is 25.8 Å². The van der Waals surface area contributed by atoms with E-state index in [-0.39, 0.29) is 0 Å². The summed E-state index contributed by atoms with van der Waals surface area (Å²) < 4.78 is 1.07. The highest BCUT2D eigenvalue weighted by Crippen LogP contribution is 2.43. The Bertz CT molecular complexity index is 451. The predicted octanol–water partition coefficient (Wildman–Crippen LogP) is 4.91. The molecule has 1 heterocycles. The van der Waals surface area contributed by atoms with Gasteiger partial charge in [-0.2, -0.15) is 0 Å². The molecule has 0 radical (unpaired) electrons. The molecule has 2 fully saturated rings. The molecule has 18 heavy (non-hydrogen) atoms. The maximum absolute atomic E-state index is 6.28. The highest BCUT2D eigenvalue weighted by atomic mass is 127. The Balaban J connectivity index is 1.87. The molecule has 2 saturated carbocycles. The third-order valence-corrected chi connectivity index (χ3v) is 5.85. The molecule has 0 N–H and O–H groups in total. The van der Waals surface area contributed by atoms with Gasteiger partial charge in [0.1, 0.15) is 11.0 Å². The second-order valence-corrected chi connectivity index (χ2v) is 7.24. The zero-order valence-electron chi connectivity index (χ0n) is 10.6. The summed E-state index contributed by atoms with van der Waals surface area (Å²) in [6.07, 6.45) is 7.59. The smallest absolute Gasteiger partial charge is 0.146 e. The van der Waals surface area contributed by atoms with Gasteiger partial charge < -0.3 is 0 Å². The molecule has 0 aromatic carbocycles. The molecule has 0 spiro atoms. The summed E-state index contributed by atoms with van der Waals surface area (Å²) in [6, 6.07) is 0. The van der Waals surface area contributed by atoms with Gasteiger partial charge in [-0.15, -0.1) is 0 Å². The van der Waals surface area contributed by atoms with Gasteiger partial charge in [0.2, 0.25) is 0 Å². The van der Waals surface area contributed by atoms with E-state index in [4.69, 9.17) is 16.6 Å². The predicted molar refractivity (Wildman–Crippen MR) is 82.1 cm³/mol. The average Bonchev–Trinajstić information content (AvgIpc) is 3.18. The number of halogens is 2. The lowest BCUT2D eigenvalue weighted by Crippen LogP contribution is -2.15. The summed E-state index contributed by atoms with van der Waals surface area (Å²) in [5.41, 5.74) is 1.21. The number of aromatic nitrogens is 2. The molecule has 1 aromatic heterocycles. The fourth-order valence-corrected chi connectivity index (χ4v) is 3.65. The van der Waals surface area contributed by atoms with Gasteiger partial charge in [0.15, 0.2) is 0 Å². The molecule has 0 saturated heterocycles. The van der Waals surface area contributed by atoms with Crippen LogP contribution in [0.1, 0.15) is 68.8 Å². The lowest BCUT2D eigenvalue weighted by Gasteiger charge is -2.25. The van der Waals surface area contributed by atoms with Crippen molar-refractivity contribution in [2.24, 2.45) is 5.92 Å². The van der Waals surface area contributed by atoms with Gasteiger partial charge in [-0.05, 0) is 54.2 Å². The number of nitrogens with zero attached hydrogens (tertiary/aromatic N) is 2. The van der Waals surface area contributed by atoms with Crippen molar-refractivity contribution < 1.29 is 0 Å². The van der Waals surface area contributed by atoms with E-state index in [2.05, 4.69) is 34.5 Å².